The second-order valence-corrected chi connectivity index (χ2v) is 6.90. The van der Waals surface area contributed by atoms with E-state index in [1.165, 1.54) is 0 Å². The van der Waals surface area contributed by atoms with Crippen molar-refractivity contribution in [2.75, 3.05) is 39.9 Å². The van der Waals surface area contributed by atoms with Gasteiger partial charge in [0.05, 0.1) is 25.4 Å². The van der Waals surface area contributed by atoms with Crippen LogP contribution in [0.2, 0.25) is 0 Å². The Morgan fingerprint density at radius 3 is 2.61 bits per heavy atom. The molecule has 0 saturated carbocycles. The zero-order valence-corrected chi connectivity index (χ0v) is 14.2. The molecule has 5 nitrogen and oxygen atoms in total. The number of rotatable bonds is 3. The molecule has 0 aromatic heterocycles. The van der Waals surface area contributed by atoms with Crippen molar-refractivity contribution >= 4 is 5.91 Å². The average Bonchev–Trinajstić information content (AvgIpc) is 2.75. The molecule has 0 N–H and O–H groups in total. The topological polar surface area (TPSA) is 42.0 Å². The van der Waals surface area contributed by atoms with Crippen molar-refractivity contribution in [1.82, 2.24) is 9.80 Å². The molecule has 2 saturated heterocycles. The molecule has 2 aliphatic heterocycles. The Balaban J connectivity index is 1.72. The standard InChI is InChI=1S/C18H26N2O3/c1-13(2)23-17-6-4-15(5-7-17)18(21)20-9-14-8-19(3)16(10-20)12-22-11-14/h4-7,13-14,16H,8-12H2,1-3H3/t14-,16+/m1/s1. The van der Waals surface area contributed by atoms with Gasteiger partial charge < -0.3 is 14.4 Å². The van der Waals surface area contributed by atoms with E-state index in [1.54, 1.807) is 0 Å². The molecule has 0 unspecified atom stereocenters. The maximum Gasteiger partial charge on any atom is 0.253 e. The first kappa shape index (κ1) is 16.3. The summed E-state index contributed by atoms with van der Waals surface area (Å²) in [4.78, 5) is 17.2. The lowest BCUT2D eigenvalue weighted by Crippen LogP contribution is -2.44. The van der Waals surface area contributed by atoms with Crippen LogP contribution in [-0.4, -0.2) is 67.7 Å². The Hall–Kier alpha value is -1.59. The summed E-state index contributed by atoms with van der Waals surface area (Å²) >= 11 is 0. The van der Waals surface area contributed by atoms with E-state index in [1.807, 2.05) is 43.0 Å². The molecule has 0 aliphatic carbocycles. The fourth-order valence-electron chi connectivity index (χ4n) is 3.35. The molecule has 0 radical (unpaired) electrons. The van der Waals surface area contributed by atoms with E-state index < -0.39 is 0 Å². The number of likely N-dealkylation sites (N-methyl/N-ethyl adjacent to an activating group) is 1. The van der Waals surface area contributed by atoms with Gasteiger partial charge in [-0.1, -0.05) is 0 Å². The van der Waals surface area contributed by atoms with E-state index >= 15 is 0 Å². The number of carbonyl (C=O) groups is 1. The maximum absolute atomic E-state index is 12.8. The van der Waals surface area contributed by atoms with Crippen molar-refractivity contribution in [2.24, 2.45) is 5.92 Å². The monoisotopic (exact) mass is 318 g/mol. The molecular weight excluding hydrogens is 292 g/mol. The smallest absolute Gasteiger partial charge is 0.253 e. The third kappa shape index (κ3) is 3.85. The summed E-state index contributed by atoms with van der Waals surface area (Å²) in [5.74, 6) is 1.30. The van der Waals surface area contributed by atoms with Crippen molar-refractivity contribution in [3.8, 4) is 5.75 Å². The van der Waals surface area contributed by atoms with Gasteiger partial charge in [-0.3, -0.25) is 9.69 Å². The molecule has 126 valence electrons. The predicted molar refractivity (Wildman–Crippen MR) is 88.8 cm³/mol. The van der Waals surface area contributed by atoms with Crippen LogP contribution in [0.5, 0.6) is 5.75 Å². The van der Waals surface area contributed by atoms with E-state index in [2.05, 4.69) is 11.9 Å². The highest BCUT2D eigenvalue weighted by molar-refractivity contribution is 5.94. The highest BCUT2D eigenvalue weighted by Crippen LogP contribution is 2.21. The molecule has 23 heavy (non-hydrogen) atoms. The van der Waals surface area contributed by atoms with Crippen molar-refractivity contribution < 1.29 is 14.3 Å². The number of amides is 1. The fourth-order valence-corrected chi connectivity index (χ4v) is 3.35. The molecule has 3 rings (SSSR count). The third-order valence-electron chi connectivity index (χ3n) is 4.50. The van der Waals surface area contributed by atoms with Crippen LogP contribution in [-0.2, 0) is 4.74 Å². The van der Waals surface area contributed by atoms with Crippen molar-refractivity contribution in [3.63, 3.8) is 0 Å². The summed E-state index contributed by atoms with van der Waals surface area (Å²) in [6.45, 7) is 7.93. The van der Waals surface area contributed by atoms with E-state index in [0.717, 1.165) is 37.6 Å². The summed E-state index contributed by atoms with van der Waals surface area (Å²) in [7, 11) is 2.12. The quantitative estimate of drug-likeness (QED) is 0.853. The lowest BCUT2D eigenvalue weighted by atomic mass is 10.1. The number of hydrogen-bond donors (Lipinski definition) is 0. The first-order valence-corrected chi connectivity index (χ1v) is 8.37. The highest BCUT2D eigenvalue weighted by Gasteiger charge is 2.33. The zero-order valence-electron chi connectivity index (χ0n) is 14.2. The van der Waals surface area contributed by atoms with Crippen molar-refractivity contribution in [2.45, 2.75) is 26.0 Å². The van der Waals surface area contributed by atoms with E-state index in [9.17, 15) is 4.79 Å². The minimum absolute atomic E-state index is 0.105. The fraction of sp³-hybridized carbons (Fsp3) is 0.611. The first-order chi connectivity index (χ1) is 11.0. The van der Waals surface area contributed by atoms with Gasteiger partial charge in [0.1, 0.15) is 5.75 Å². The van der Waals surface area contributed by atoms with Crippen LogP contribution >= 0.6 is 0 Å². The van der Waals surface area contributed by atoms with Gasteiger partial charge in [-0.15, -0.1) is 0 Å². The Labute approximate surface area is 138 Å². The minimum atomic E-state index is 0.105. The van der Waals surface area contributed by atoms with Gasteiger partial charge in [0.2, 0.25) is 0 Å². The molecule has 2 bridgehead atoms. The lowest BCUT2D eigenvalue weighted by Gasteiger charge is -2.29. The van der Waals surface area contributed by atoms with Crippen molar-refractivity contribution in [3.05, 3.63) is 29.8 Å². The number of carbonyl (C=O) groups excluding carboxylic acids is 1. The molecule has 1 aromatic carbocycles. The summed E-state index contributed by atoms with van der Waals surface area (Å²) in [6, 6.07) is 7.76. The van der Waals surface area contributed by atoms with Gasteiger partial charge in [-0.2, -0.15) is 0 Å². The summed E-state index contributed by atoms with van der Waals surface area (Å²) < 4.78 is 11.4. The Kier molecular flexibility index (Phi) is 4.87. The van der Waals surface area contributed by atoms with E-state index in [0.29, 0.717) is 12.5 Å². The molecule has 2 fully saturated rings. The van der Waals surface area contributed by atoms with Crippen LogP contribution in [0.25, 0.3) is 0 Å². The Morgan fingerprint density at radius 1 is 1.17 bits per heavy atom. The summed E-state index contributed by atoms with van der Waals surface area (Å²) in [5.41, 5.74) is 0.727. The molecule has 1 aromatic rings. The van der Waals surface area contributed by atoms with Gasteiger partial charge >= 0.3 is 0 Å². The number of nitrogens with zero attached hydrogens (tertiary/aromatic N) is 2. The van der Waals surface area contributed by atoms with Crippen LogP contribution < -0.4 is 4.74 Å². The second kappa shape index (κ2) is 6.89. The molecule has 2 heterocycles. The summed E-state index contributed by atoms with van der Waals surface area (Å²) in [6.07, 6.45) is 0.136. The van der Waals surface area contributed by atoms with Gasteiger partial charge in [0.25, 0.3) is 5.91 Å². The normalized spacial score (nSPS) is 25.3. The van der Waals surface area contributed by atoms with Crippen LogP contribution in [0.1, 0.15) is 24.2 Å². The van der Waals surface area contributed by atoms with E-state index in [-0.39, 0.29) is 18.1 Å². The van der Waals surface area contributed by atoms with Gasteiger partial charge in [-0.25, -0.2) is 0 Å². The van der Waals surface area contributed by atoms with Crippen LogP contribution in [0.3, 0.4) is 0 Å². The maximum atomic E-state index is 12.8. The number of ether oxygens (including phenoxy) is 2. The predicted octanol–water partition coefficient (Wildman–Crippen LogP) is 1.88. The largest absolute Gasteiger partial charge is 0.491 e. The third-order valence-corrected chi connectivity index (χ3v) is 4.50. The van der Waals surface area contributed by atoms with Gasteiger partial charge in [0.15, 0.2) is 0 Å². The van der Waals surface area contributed by atoms with Gasteiger partial charge in [0, 0.05) is 31.1 Å². The number of hydrogen-bond acceptors (Lipinski definition) is 4. The molecule has 5 heteroatoms. The van der Waals surface area contributed by atoms with Crippen LogP contribution in [0, 0.1) is 5.92 Å². The Morgan fingerprint density at radius 2 is 1.91 bits per heavy atom. The molecule has 0 spiro atoms. The first-order valence-electron chi connectivity index (χ1n) is 8.37. The van der Waals surface area contributed by atoms with E-state index in [4.69, 9.17) is 9.47 Å². The lowest BCUT2D eigenvalue weighted by molar-refractivity contribution is 0.0433. The average molecular weight is 318 g/mol. The molecular formula is C18H26N2O3. The number of benzene rings is 1. The molecule has 2 aliphatic rings. The summed E-state index contributed by atoms with van der Waals surface area (Å²) in [5, 5.41) is 0. The van der Waals surface area contributed by atoms with Crippen LogP contribution in [0.4, 0.5) is 0 Å². The molecule has 1 amide bonds. The minimum Gasteiger partial charge on any atom is -0.491 e. The van der Waals surface area contributed by atoms with Gasteiger partial charge in [-0.05, 0) is 45.2 Å². The van der Waals surface area contributed by atoms with Crippen LogP contribution in [0.15, 0.2) is 24.3 Å². The van der Waals surface area contributed by atoms with Crippen molar-refractivity contribution in [1.29, 1.82) is 0 Å². The second-order valence-electron chi connectivity index (χ2n) is 6.90. The molecule has 2 atom stereocenters. The SMILES string of the molecule is CC(C)Oc1ccc(C(=O)N2C[C@@H]3COC[C@H](C2)N(C)C3)cc1. The Bertz CT molecular complexity index is 544. The number of fused-ring (bicyclic) bond motifs is 3. The zero-order chi connectivity index (χ0) is 16.4. The highest BCUT2D eigenvalue weighted by atomic mass is 16.5.